The smallest absolute Gasteiger partial charge is 0.332 e. The van der Waals surface area contributed by atoms with Crippen LogP contribution >= 0.6 is 0 Å². The van der Waals surface area contributed by atoms with Crippen molar-refractivity contribution in [1.82, 2.24) is 0 Å². The fourth-order valence-corrected chi connectivity index (χ4v) is 3.58. The Morgan fingerprint density at radius 1 is 0.867 bits per heavy atom. The number of carbonyl (C=O) groups is 2. The number of esters is 2. The van der Waals surface area contributed by atoms with Crippen molar-refractivity contribution in [2.24, 2.45) is 0 Å². The number of carbonyl (C=O) groups excluding carboxylic acids is 2. The summed E-state index contributed by atoms with van der Waals surface area (Å²) in [5.74, 6) is -2.05. The summed E-state index contributed by atoms with van der Waals surface area (Å²) < 4.78 is 41.5. The molecule has 1 unspecified atom stereocenters. The van der Waals surface area contributed by atoms with Crippen molar-refractivity contribution < 1.29 is 32.0 Å². The summed E-state index contributed by atoms with van der Waals surface area (Å²) in [6.45, 7) is 4.19. The van der Waals surface area contributed by atoms with E-state index in [0.717, 1.165) is 25.5 Å². The largest absolute Gasteiger partial charge is 0.466 e. The average molecular weight is 449 g/mol. The molecule has 0 aromatic carbocycles. The quantitative estimate of drug-likeness (QED) is 0.123. The lowest BCUT2D eigenvalue weighted by Gasteiger charge is -2.11. The number of hydrogen-bond acceptors (Lipinski definition) is 6. The van der Waals surface area contributed by atoms with Gasteiger partial charge in [-0.05, 0) is 18.9 Å². The summed E-state index contributed by atoms with van der Waals surface area (Å²) >= 11 is 0. The van der Waals surface area contributed by atoms with Gasteiger partial charge in [-0.15, -0.1) is 0 Å². The van der Waals surface area contributed by atoms with Crippen molar-refractivity contribution in [2.45, 2.75) is 109 Å². The molecular formula is C22H40O7S. The molecule has 0 aliphatic heterocycles. The zero-order valence-corrected chi connectivity index (χ0v) is 19.5. The van der Waals surface area contributed by atoms with Crippen molar-refractivity contribution in [3.63, 3.8) is 0 Å². The molecule has 0 fully saturated rings. The number of rotatable bonds is 19. The molecular weight excluding hydrogens is 408 g/mol. The maximum absolute atomic E-state index is 11.8. The number of hydrogen-bond donors (Lipinski definition) is 1. The first-order valence-electron chi connectivity index (χ1n) is 11.3. The van der Waals surface area contributed by atoms with Gasteiger partial charge in [0, 0.05) is 0 Å². The van der Waals surface area contributed by atoms with Crippen molar-refractivity contribution in [3.05, 3.63) is 12.3 Å². The first-order chi connectivity index (χ1) is 14.3. The average Bonchev–Trinajstić information content (AvgIpc) is 2.69. The number of unbranched alkanes of at least 4 members (excludes halogenated alkanes) is 11. The summed E-state index contributed by atoms with van der Waals surface area (Å²) in [6.07, 6.45) is 16.6. The Balaban J connectivity index is 3.86. The number of allylic oxidation sites excluding steroid dienone is 1. The Morgan fingerprint density at radius 2 is 1.37 bits per heavy atom. The zero-order valence-electron chi connectivity index (χ0n) is 18.6. The topological polar surface area (TPSA) is 107 Å². The van der Waals surface area contributed by atoms with Gasteiger partial charge >= 0.3 is 11.9 Å². The summed E-state index contributed by atoms with van der Waals surface area (Å²) in [5.41, 5.74) is 0. The minimum absolute atomic E-state index is 0.166. The van der Waals surface area contributed by atoms with E-state index in [-0.39, 0.29) is 6.61 Å². The van der Waals surface area contributed by atoms with Gasteiger partial charge in [0.2, 0.25) is 0 Å². The third kappa shape index (κ3) is 16.4. The van der Waals surface area contributed by atoms with Crippen LogP contribution in [0.5, 0.6) is 0 Å². The van der Waals surface area contributed by atoms with Gasteiger partial charge in [-0.2, -0.15) is 8.42 Å². The van der Waals surface area contributed by atoms with E-state index >= 15 is 0 Å². The van der Waals surface area contributed by atoms with E-state index in [1.807, 2.05) is 0 Å². The van der Waals surface area contributed by atoms with Crippen LogP contribution in [0.25, 0.3) is 0 Å². The Bertz CT molecular complexity index is 584. The Morgan fingerprint density at radius 3 is 1.83 bits per heavy atom. The molecule has 0 saturated heterocycles. The van der Waals surface area contributed by atoms with Crippen LogP contribution in [-0.2, 0) is 29.2 Å². The highest BCUT2D eigenvalue weighted by molar-refractivity contribution is 7.87. The lowest BCUT2D eigenvalue weighted by atomic mass is 10.1. The lowest BCUT2D eigenvalue weighted by molar-refractivity contribution is -0.147. The molecule has 0 heterocycles. The molecule has 8 heteroatoms. The molecule has 0 aromatic heterocycles. The van der Waals surface area contributed by atoms with Crippen molar-refractivity contribution in [2.75, 3.05) is 6.61 Å². The normalized spacial score (nSPS) is 12.8. The molecule has 0 saturated carbocycles. The van der Waals surface area contributed by atoms with Crippen LogP contribution in [-0.4, -0.2) is 36.8 Å². The minimum Gasteiger partial charge on any atom is -0.466 e. The SMILES string of the molecule is CC/C=C/OC(=O)C(CC(=O)OCCCCCCCCCCCCCC)S(=O)(=O)O. The van der Waals surface area contributed by atoms with Gasteiger partial charge in [0.25, 0.3) is 10.1 Å². The van der Waals surface area contributed by atoms with Gasteiger partial charge in [0.15, 0.2) is 5.25 Å². The molecule has 0 bridgehead atoms. The monoisotopic (exact) mass is 448 g/mol. The lowest BCUT2D eigenvalue weighted by Crippen LogP contribution is -2.33. The summed E-state index contributed by atoms with van der Waals surface area (Å²) in [4.78, 5) is 23.6. The van der Waals surface area contributed by atoms with E-state index < -0.39 is 33.7 Å². The Labute approximate surface area is 182 Å². The molecule has 0 rings (SSSR count). The highest BCUT2D eigenvalue weighted by Gasteiger charge is 2.35. The van der Waals surface area contributed by atoms with Gasteiger partial charge in [-0.1, -0.05) is 84.5 Å². The first-order valence-corrected chi connectivity index (χ1v) is 12.8. The van der Waals surface area contributed by atoms with Crippen LogP contribution < -0.4 is 0 Å². The van der Waals surface area contributed by atoms with Crippen molar-refractivity contribution in [3.8, 4) is 0 Å². The molecule has 176 valence electrons. The maximum atomic E-state index is 11.8. The second-order valence-electron chi connectivity index (χ2n) is 7.53. The standard InChI is InChI=1S/C22H40O7S/c1-3-5-7-8-9-10-11-12-13-14-15-16-18-28-21(23)19-20(30(25,26)27)22(24)29-17-6-4-2/h6,17,20H,3-5,7-16,18-19H2,1-2H3,(H,25,26,27)/b17-6+. The second-order valence-corrected chi connectivity index (χ2v) is 9.13. The minimum atomic E-state index is -4.76. The maximum Gasteiger partial charge on any atom is 0.332 e. The Kier molecular flexibility index (Phi) is 17.5. The second kappa shape index (κ2) is 18.4. The predicted molar refractivity (Wildman–Crippen MR) is 118 cm³/mol. The van der Waals surface area contributed by atoms with Crippen molar-refractivity contribution >= 4 is 22.1 Å². The van der Waals surface area contributed by atoms with Crippen LogP contribution in [0, 0.1) is 0 Å². The molecule has 0 aliphatic carbocycles. The summed E-state index contributed by atoms with van der Waals surface area (Å²) in [6, 6.07) is 0. The molecule has 30 heavy (non-hydrogen) atoms. The number of ether oxygens (including phenoxy) is 2. The van der Waals surface area contributed by atoms with Crippen LogP contribution in [0.15, 0.2) is 12.3 Å². The van der Waals surface area contributed by atoms with Crippen LogP contribution in [0.2, 0.25) is 0 Å². The van der Waals surface area contributed by atoms with Gasteiger partial charge in [-0.3, -0.25) is 14.1 Å². The highest BCUT2D eigenvalue weighted by Crippen LogP contribution is 2.13. The van der Waals surface area contributed by atoms with Gasteiger partial charge < -0.3 is 9.47 Å². The van der Waals surface area contributed by atoms with Gasteiger partial charge in [-0.25, -0.2) is 0 Å². The van der Waals surface area contributed by atoms with Crippen molar-refractivity contribution in [1.29, 1.82) is 0 Å². The molecule has 0 spiro atoms. The van der Waals surface area contributed by atoms with Gasteiger partial charge in [0.1, 0.15) is 0 Å². The predicted octanol–water partition coefficient (Wildman–Crippen LogP) is 5.34. The molecule has 0 aliphatic rings. The Hall–Kier alpha value is -1.41. The molecule has 1 atom stereocenters. The van der Waals surface area contributed by atoms with Crippen LogP contribution in [0.3, 0.4) is 0 Å². The van der Waals surface area contributed by atoms with E-state index in [4.69, 9.17) is 4.74 Å². The van der Waals surface area contributed by atoms with Crippen LogP contribution in [0.4, 0.5) is 0 Å². The van der Waals surface area contributed by atoms with Gasteiger partial charge in [0.05, 0.1) is 19.3 Å². The third-order valence-electron chi connectivity index (χ3n) is 4.75. The molecule has 7 nitrogen and oxygen atoms in total. The first kappa shape index (κ1) is 28.6. The van der Waals surface area contributed by atoms with E-state index in [1.54, 1.807) is 6.92 Å². The fourth-order valence-electron chi connectivity index (χ4n) is 2.94. The summed E-state index contributed by atoms with van der Waals surface area (Å²) in [7, 11) is -4.76. The molecule has 0 aromatic rings. The molecule has 0 radical (unpaired) electrons. The van der Waals surface area contributed by atoms with E-state index in [9.17, 15) is 22.6 Å². The highest BCUT2D eigenvalue weighted by atomic mass is 32.2. The zero-order chi connectivity index (χ0) is 22.7. The molecule has 0 amide bonds. The van der Waals surface area contributed by atoms with E-state index in [0.29, 0.717) is 12.8 Å². The molecule has 1 N–H and O–H groups in total. The fraction of sp³-hybridized carbons (Fsp3) is 0.818. The summed E-state index contributed by atoms with van der Waals surface area (Å²) in [5, 5.41) is -1.98. The third-order valence-corrected chi connectivity index (χ3v) is 5.83. The van der Waals surface area contributed by atoms with E-state index in [1.165, 1.54) is 57.4 Å². The van der Waals surface area contributed by atoms with Crippen LogP contribution in [0.1, 0.15) is 104 Å². The van der Waals surface area contributed by atoms with E-state index in [2.05, 4.69) is 11.7 Å².